The number of nitrogens with two attached hydrogens (primary N) is 2. The Bertz CT molecular complexity index is 261. The van der Waals surface area contributed by atoms with Crippen molar-refractivity contribution in [1.29, 1.82) is 0 Å². The van der Waals surface area contributed by atoms with E-state index in [1.54, 1.807) is 6.20 Å². The third-order valence-electron chi connectivity index (χ3n) is 2.17. The Labute approximate surface area is 79.2 Å². The summed E-state index contributed by atoms with van der Waals surface area (Å²) in [6.45, 7) is 4.05. The number of aromatic nitrogens is 1. The molecule has 1 aromatic heterocycles. The minimum atomic E-state index is 0.221. The van der Waals surface area contributed by atoms with Crippen molar-refractivity contribution in [3.8, 4) is 0 Å². The molecular weight excluding hydrogens is 162 g/mol. The molecule has 0 aromatic carbocycles. The zero-order valence-corrected chi connectivity index (χ0v) is 8.25. The van der Waals surface area contributed by atoms with Crippen LogP contribution in [0.5, 0.6) is 0 Å². The van der Waals surface area contributed by atoms with Gasteiger partial charge in [-0.05, 0) is 43.9 Å². The van der Waals surface area contributed by atoms with Crippen molar-refractivity contribution in [2.24, 2.45) is 5.73 Å². The van der Waals surface area contributed by atoms with Crippen LogP contribution in [0, 0.1) is 6.92 Å². The Kier molecular flexibility index (Phi) is 3.25. The molecule has 0 saturated heterocycles. The average Bonchev–Trinajstić information content (AvgIpc) is 2.03. The number of aryl methyl sites for hydroxylation is 1. The molecule has 1 unspecified atom stereocenters. The molecule has 0 saturated carbocycles. The average molecular weight is 179 g/mol. The van der Waals surface area contributed by atoms with Crippen molar-refractivity contribution in [3.05, 3.63) is 23.4 Å². The first-order chi connectivity index (χ1) is 6.11. The first-order valence-corrected chi connectivity index (χ1v) is 4.56. The molecule has 72 valence electrons. The minimum absolute atomic E-state index is 0.221. The first kappa shape index (κ1) is 9.99. The smallest absolute Gasteiger partial charge is 0.126 e. The maximum Gasteiger partial charge on any atom is 0.126 e. The normalized spacial score (nSPS) is 12.8. The lowest BCUT2D eigenvalue weighted by Crippen LogP contribution is -2.16. The van der Waals surface area contributed by atoms with Gasteiger partial charge in [-0.1, -0.05) is 0 Å². The van der Waals surface area contributed by atoms with Crippen LogP contribution in [-0.2, 0) is 6.42 Å². The van der Waals surface area contributed by atoms with Crippen LogP contribution >= 0.6 is 0 Å². The van der Waals surface area contributed by atoms with Gasteiger partial charge in [0, 0.05) is 12.2 Å². The molecule has 0 amide bonds. The number of rotatable bonds is 3. The van der Waals surface area contributed by atoms with E-state index in [1.807, 2.05) is 13.0 Å². The van der Waals surface area contributed by atoms with Crippen molar-refractivity contribution in [2.45, 2.75) is 32.7 Å². The van der Waals surface area contributed by atoms with E-state index in [-0.39, 0.29) is 6.04 Å². The highest BCUT2D eigenvalue weighted by atomic mass is 14.8. The van der Waals surface area contributed by atoms with E-state index in [0.717, 1.165) is 18.4 Å². The third-order valence-corrected chi connectivity index (χ3v) is 2.17. The summed E-state index contributed by atoms with van der Waals surface area (Å²) in [6, 6.07) is 2.20. The van der Waals surface area contributed by atoms with Gasteiger partial charge in [0.25, 0.3) is 0 Å². The quantitative estimate of drug-likeness (QED) is 0.734. The van der Waals surface area contributed by atoms with Crippen LogP contribution in [0.25, 0.3) is 0 Å². The van der Waals surface area contributed by atoms with E-state index in [1.165, 1.54) is 5.56 Å². The number of anilines is 1. The number of hydrogen-bond donors (Lipinski definition) is 2. The fraction of sp³-hybridized carbons (Fsp3) is 0.500. The summed E-state index contributed by atoms with van der Waals surface area (Å²) in [5, 5.41) is 0. The maximum absolute atomic E-state index is 5.76. The molecule has 1 aromatic rings. The molecule has 0 aliphatic heterocycles. The van der Waals surface area contributed by atoms with Gasteiger partial charge in [0.15, 0.2) is 0 Å². The standard InChI is InChI=1S/C10H17N3/c1-7-5-6-13-10(12)9(7)4-3-8(2)11/h5-6,8H,3-4,11H2,1-2H3,(H2,12,13). The Balaban J connectivity index is 2.75. The van der Waals surface area contributed by atoms with Gasteiger partial charge in [-0.2, -0.15) is 0 Å². The first-order valence-electron chi connectivity index (χ1n) is 4.56. The molecule has 1 rings (SSSR count). The van der Waals surface area contributed by atoms with Gasteiger partial charge >= 0.3 is 0 Å². The zero-order chi connectivity index (χ0) is 9.84. The number of nitrogens with zero attached hydrogens (tertiary/aromatic N) is 1. The second-order valence-corrected chi connectivity index (χ2v) is 3.51. The summed E-state index contributed by atoms with van der Waals surface area (Å²) >= 11 is 0. The number of pyridine rings is 1. The summed E-state index contributed by atoms with van der Waals surface area (Å²) in [5.41, 5.74) is 13.8. The Hall–Kier alpha value is -1.09. The topological polar surface area (TPSA) is 64.9 Å². The highest BCUT2D eigenvalue weighted by Crippen LogP contribution is 2.15. The van der Waals surface area contributed by atoms with E-state index in [9.17, 15) is 0 Å². The highest BCUT2D eigenvalue weighted by Gasteiger charge is 2.04. The summed E-state index contributed by atoms with van der Waals surface area (Å²) < 4.78 is 0. The van der Waals surface area contributed by atoms with Gasteiger partial charge in [0.05, 0.1) is 0 Å². The molecule has 4 N–H and O–H groups in total. The SMILES string of the molecule is Cc1ccnc(N)c1CCC(C)N. The summed E-state index contributed by atoms with van der Waals surface area (Å²) in [6.07, 6.45) is 3.61. The van der Waals surface area contributed by atoms with E-state index in [4.69, 9.17) is 11.5 Å². The molecule has 0 aliphatic carbocycles. The third kappa shape index (κ3) is 2.70. The van der Waals surface area contributed by atoms with Crippen molar-refractivity contribution in [3.63, 3.8) is 0 Å². The van der Waals surface area contributed by atoms with Crippen LogP contribution in [0.15, 0.2) is 12.3 Å². The molecule has 13 heavy (non-hydrogen) atoms. The van der Waals surface area contributed by atoms with Gasteiger partial charge in [-0.25, -0.2) is 4.98 Å². The lowest BCUT2D eigenvalue weighted by atomic mass is 10.0. The molecule has 0 spiro atoms. The molecule has 3 nitrogen and oxygen atoms in total. The molecule has 0 bridgehead atoms. The lowest BCUT2D eigenvalue weighted by Gasteiger charge is -2.09. The fourth-order valence-corrected chi connectivity index (χ4v) is 1.31. The van der Waals surface area contributed by atoms with E-state index < -0.39 is 0 Å². The van der Waals surface area contributed by atoms with Gasteiger partial charge in [0.1, 0.15) is 5.82 Å². The zero-order valence-electron chi connectivity index (χ0n) is 8.25. The van der Waals surface area contributed by atoms with E-state index in [0.29, 0.717) is 5.82 Å². The molecule has 1 atom stereocenters. The van der Waals surface area contributed by atoms with Gasteiger partial charge in [-0.3, -0.25) is 0 Å². The predicted molar refractivity (Wildman–Crippen MR) is 55.4 cm³/mol. The minimum Gasteiger partial charge on any atom is -0.383 e. The van der Waals surface area contributed by atoms with Gasteiger partial charge in [0.2, 0.25) is 0 Å². The van der Waals surface area contributed by atoms with Crippen LogP contribution < -0.4 is 11.5 Å². The van der Waals surface area contributed by atoms with Crippen molar-refractivity contribution < 1.29 is 0 Å². The van der Waals surface area contributed by atoms with Crippen LogP contribution in [-0.4, -0.2) is 11.0 Å². The number of hydrogen-bond acceptors (Lipinski definition) is 3. The molecule has 0 fully saturated rings. The van der Waals surface area contributed by atoms with Crippen molar-refractivity contribution in [2.75, 3.05) is 5.73 Å². The molecule has 0 radical (unpaired) electrons. The van der Waals surface area contributed by atoms with Crippen LogP contribution in [0.3, 0.4) is 0 Å². The van der Waals surface area contributed by atoms with Crippen LogP contribution in [0.1, 0.15) is 24.5 Å². The van der Waals surface area contributed by atoms with Crippen LogP contribution in [0.2, 0.25) is 0 Å². The van der Waals surface area contributed by atoms with Crippen LogP contribution in [0.4, 0.5) is 5.82 Å². The second-order valence-electron chi connectivity index (χ2n) is 3.51. The summed E-state index contributed by atoms with van der Waals surface area (Å²) in [7, 11) is 0. The van der Waals surface area contributed by atoms with Gasteiger partial charge in [-0.15, -0.1) is 0 Å². The monoisotopic (exact) mass is 179 g/mol. The lowest BCUT2D eigenvalue weighted by molar-refractivity contribution is 0.664. The highest BCUT2D eigenvalue weighted by molar-refractivity contribution is 5.43. The molecule has 3 heteroatoms. The summed E-state index contributed by atoms with van der Waals surface area (Å²) in [5.74, 6) is 0.639. The Morgan fingerprint density at radius 1 is 1.54 bits per heavy atom. The number of nitrogen functional groups attached to an aromatic ring is 1. The largest absolute Gasteiger partial charge is 0.383 e. The van der Waals surface area contributed by atoms with Crippen molar-refractivity contribution >= 4 is 5.82 Å². The Morgan fingerprint density at radius 2 is 2.23 bits per heavy atom. The van der Waals surface area contributed by atoms with E-state index >= 15 is 0 Å². The fourth-order valence-electron chi connectivity index (χ4n) is 1.31. The predicted octanol–water partition coefficient (Wildman–Crippen LogP) is 1.25. The molecule has 0 aliphatic rings. The second kappa shape index (κ2) is 4.23. The maximum atomic E-state index is 5.76. The Morgan fingerprint density at radius 3 is 2.77 bits per heavy atom. The van der Waals surface area contributed by atoms with Gasteiger partial charge < -0.3 is 11.5 Å². The van der Waals surface area contributed by atoms with E-state index in [2.05, 4.69) is 11.9 Å². The molecule has 1 heterocycles. The van der Waals surface area contributed by atoms with Crippen molar-refractivity contribution in [1.82, 2.24) is 4.98 Å². The summed E-state index contributed by atoms with van der Waals surface area (Å²) in [4.78, 5) is 4.05. The molecular formula is C10H17N3.